The zero-order valence-electron chi connectivity index (χ0n) is 31.4. The van der Waals surface area contributed by atoms with Crippen LogP contribution in [0, 0.1) is 0 Å². The molecule has 12 aromatic rings. The van der Waals surface area contributed by atoms with Crippen LogP contribution in [0.5, 0.6) is 0 Å². The Bertz CT molecular complexity index is 3520. The van der Waals surface area contributed by atoms with E-state index < -0.39 is 0 Å². The number of furan rings is 1. The molecule has 270 valence electrons. The second kappa shape index (κ2) is 12.9. The maximum absolute atomic E-state index is 6.61. The molecule has 0 aliphatic heterocycles. The van der Waals surface area contributed by atoms with Crippen molar-refractivity contribution in [1.82, 2.24) is 9.55 Å². The highest BCUT2D eigenvalue weighted by Crippen LogP contribution is 2.46. The number of hydrogen-bond acceptors (Lipinski definition) is 2. The molecule has 0 N–H and O–H groups in total. The maximum Gasteiger partial charge on any atom is 0.136 e. The molecular formula is C55H34N2O. The molecule has 3 heteroatoms. The van der Waals surface area contributed by atoms with Crippen molar-refractivity contribution in [2.75, 3.05) is 0 Å². The minimum atomic E-state index is 0.861. The Kier molecular flexibility index (Phi) is 7.23. The third-order valence-corrected chi connectivity index (χ3v) is 11.8. The van der Waals surface area contributed by atoms with Gasteiger partial charge >= 0.3 is 0 Å². The standard InChI is InChI=1S/C55H34N2O/c1-3-13-39(14-4-1)55-46-34-51-54(45-19-9-12-22-50(45)58-51)52(53(46)44-18-7-10-20-47(44)56-55)38-29-27-36(28-30-38)35-23-25-37(26-24-35)40-31-32-43-42-17-8-11-21-48(42)57(49(43)33-40)41-15-5-2-6-16-41/h1-34H. The topological polar surface area (TPSA) is 31.0 Å². The summed E-state index contributed by atoms with van der Waals surface area (Å²) in [6.07, 6.45) is 0. The van der Waals surface area contributed by atoms with Gasteiger partial charge in [0, 0.05) is 54.5 Å². The molecule has 12 rings (SSSR count). The molecule has 0 aliphatic rings. The van der Waals surface area contributed by atoms with Gasteiger partial charge in [-0.05, 0) is 70.3 Å². The number of rotatable bonds is 5. The fraction of sp³-hybridized carbons (Fsp3) is 0. The molecule has 0 saturated carbocycles. The zero-order chi connectivity index (χ0) is 38.2. The van der Waals surface area contributed by atoms with Gasteiger partial charge in [-0.15, -0.1) is 0 Å². The van der Waals surface area contributed by atoms with E-state index in [0.717, 1.165) is 60.7 Å². The van der Waals surface area contributed by atoms with Gasteiger partial charge in [-0.2, -0.15) is 0 Å². The Morgan fingerprint density at radius 2 is 0.914 bits per heavy atom. The van der Waals surface area contributed by atoms with Crippen LogP contribution in [-0.4, -0.2) is 9.55 Å². The van der Waals surface area contributed by atoms with Crippen molar-refractivity contribution in [3.63, 3.8) is 0 Å². The summed E-state index contributed by atoms with van der Waals surface area (Å²) in [5.41, 5.74) is 15.4. The van der Waals surface area contributed by atoms with E-state index in [0.29, 0.717) is 0 Å². The van der Waals surface area contributed by atoms with Crippen molar-refractivity contribution in [2.45, 2.75) is 0 Å². The van der Waals surface area contributed by atoms with Gasteiger partial charge < -0.3 is 8.98 Å². The van der Waals surface area contributed by atoms with Crippen molar-refractivity contribution in [3.05, 3.63) is 206 Å². The van der Waals surface area contributed by atoms with Gasteiger partial charge in [0.25, 0.3) is 0 Å². The second-order valence-corrected chi connectivity index (χ2v) is 15.1. The normalized spacial score (nSPS) is 11.8. The summed E-state index contributed by atoms with van der Waals surface area (Å²) >= 11 is 0. The number of nitrogens with zero attached hydrogens (tertiary/aromatic N) is 2. The summed E-state index contributed by atoms with van der Waals surface area (Å²) in [5, 5.41) is 8.14. The molecule has 3 nitrogen and oxygen atoms in total. The van der Waals surface area contributed by atoms with Crippen molar-refractivity contribution in [1.29, 1.82) is 0 Å². The molecule has 9 aromatic carbocycles. The summed E-state index contributed by atoms with van der Waals surface area (Å²) in [6, 6.07) is 73.8. The van der Waals surface area contributed by atoms with Crippen LogP contribution in [-0.2, 0) is 0 Å². The summed E-state index contributed by atoms with van der Waals surface area (Å²) in [6.45, 7) is 0. The van der Waals surface area contributed by atoms with E-state index in [1.807, 2.05) is 6.07 Å². The van der Waals surface area contributed by atoms with Gasteiger partial charge in [0.15, 0.2) is 0 Å². The first-order valence-electron chi connectivity index (χ1n) is 19.8. The molecule has 0 spiro atoms. The average Bonchev–Trinajstić information content (AvgIpc) is 3.84. The Labute approximate surface area is 334 Å². The van der Waals surface area contributed by atoms with Crippen LogP contribution in [0.4, 0.5) is 0 Å². The van der Waals surface area contributed by atoms with E-state index in [-0.39, 0.29) is 0 Å². The van der Waals surface area contributed by atoms with Crippen LogP contribution in [0.1, 0.15) is 0 Å². The summed E-state index contributed by atoms with van der Waals surface area (Å²) in [5.74, 6) is 0. The maximum atomic E-state index is 6.61. The first-order chi connectivity index (χ1) is 28.8. The summed E-state index contributed by atoms with van der Waals surface area (Å²) < 4.78 is 8.98. The molecule has 0 saturated heterocycles. The lowest BCUT2D eigenvalue weighted by Gasteiger charge is -2.16. The van der Waals surface area contributed by atoms with Gasteiger partial charge in [-0.25, -0.2) is 4.98 Å². The molecule has 0 radical (unpaired) electrons. The van der Waals surface area contributed by atoms with Crippen LogP contribution in [0.3, 0.4) is 0 Å². The quantitative estimate of drug-likeness (QED) is 0.165. The van der Waals surface area contributed by atoms with E-state index in [9.17, 15) is 0 Å². The lowest BCUT2D eigenvalue weighted by atomic mass is 9.89. The number of para-hydroxylation sites is 4. The molecule has 58 heavy (non-hydrogen) atoms. The Hall–Kier alpha value is -7.75. The molecule has 0 amide bonds. The molecule has 0 bridgehead atoms. The second-order valence-electron chi connectivity index (χ2n) is 15.1. The fourth-order valence-electron chi connectivity index (χ4n) is 9.11. The highest BCUT2D eigenvalue weighted by Gasteiger charge is 2.22. The van der Waals surface area contributed by atoms with Gasteiger partial charge in [0.05, 0.1) is 22.2 Å². The van der Waals surface area contributed by atoms with Crippen LogP contribution in [0.25, 0.3) is 116 Å². The smallest absolute Gasteiger partial charge is 0.136 e. The van der Waals surface area contributed by atoms with Crippen LogP contribution in [0.2, 0.25) is 0 Å². The predicted octanol–water partition coefficient (Wildman–Crippen LogP) is 15.1. The van der Waals surface area contributed by atoms with Gasteiger partial charge in [0.1, 0.15) is 11.2 Å². The Balaban J connectivity index is 0.985. The first-order valence-corrected chi connectivity index (χ1v) is 19.8. The first kappa shape index (κ1) is 32.5. The third-order valence-electron chi connectivity index (χ3n) is 11.8. The number of aromatic nitrogens is 2. The van der Waals surface area contributed by atoms with Gasteiger partial charge in [0.2, 0.25) is 0 Å². The van der Waals surface area contributed by atoms with E-state index >= 15 is 0 Å². The monoisotopic (exact) mass is 738 g/mol. The van der Waals surface area contributed by atoms with Crippen molar-refractivity contribution < 1.29 is 4.42 Å². The molecule has 0 unspecified atom stereocenters. The lowest BCUT2D eigenvalue weighted by Crippen LogP contribution is -1.93. The number of fused-ring (bicyclic) bond motifs is 9. The van der Waals surface area contributed by atoms with E-state index in [1.54, 1.807) is 0 Å². The van der Waals surface area contributed by atoms with Crippen LogP contribution >= 0.6 is 0 Å². The van der Waals surface area contributed by atoms with E-state index in [4.69, 9.17) is 9.40 Å². The number of benzene rings is 9. The van der Waals surface area contributed by atoms with Gasteiger partial charge in [-0.1, -0.05) is 164 Å². The SMILES string of the molecule is c1ccc(-c2nc3ccccc3c3c(-c4ccc(-c5ccc(-c6ccc7c8ccccc8n(-c8ccccc8)c7c6)cc5)cc4)c4c(cc23)oc2ccccc24)cc1. The van der Waals surface area contributed by atoms with Crippen LogP contribution < -0.4 is 0 Å². The minimum Gasteiger partial charge on any atom is -0.456 e. The summed E-state index contributed by atoms with van der Waals surface area (Å²) in [7, 11) is 0. The number of hydrogen-bond donors (Lipinski definition) is 0. The third kappa shape index (κ3) is 5.04. The Morgan fingerprint density at radius 3 is 1.67 bits per heavy atom. The minimum absolute atomic E-state index is 0.861. The van der Waals surface area contributed by atoms with Gasteiger partial charge in [-0.3, -0.25) is 0 Å². The zero-order valence-corrected chi connectivity index (χ0v) is 31.4. The fourth-order valence-corrected chi connectivity index (χ4v) is 9.11. The average molecular weight is 739 g/mol. The molecule has 3 aromatic heterocycles. The highest BCUT2D eigenvalue weighted by molar-refractivity contribution is 6.27. The van der Waals surface area contributed by atoms with Crippen molar-refractivity contribution in [3.8, 4) is 50.3 Å². The molecule has 0 aliphatic carbocycles. The number of pyridine rings is 1. The van der Waals surface area contributed by atoms with E-state index in [2.05, 4.69) is 205 Å². The predicted molar refractivity (Wildman–Crippen MR) is 243 cm³/mol. The highest BCUT2D eigenvalue weighted by atomic mass is 16.3. The molecule has 0 atom stereocenters. The molecule has 0 fully saturated rings. The molecular weight excluding hydrogens is 705 g/mol. The Morgan fingerprint density at radius 1 is 0.345 bits per heavy atom. The largest absolute Gasteiger partial charge is 0.456 e. The lowest BCUT2D eigenvalue weighted by molar-refractivity contribution is 0.669. The van der Waals surface area contributed by atoms with Crippen molar-refractivity contribution >= 4 is 65.4 Å². The molecule has 3 heterocycles. The summed E-state index contributed by atoms with van der Waals surface area (Å²) in [4.78, 5) is 5.25. The van der Waals surface area contributed by atoms with E-state index in [1.165, 1.54) is 55.0 Å². The van der Waals surface area contributed by atoms with Crippen LogP contribution in [0.15, 0.2) is 211 Å². The van der Waals surface area contributed by atoms with Crippen molar-refractivity contribution in [2.24, 2.45) is 0 Å².